The Morgan fingerprint density at radius 3 is 2.55 bits per heavy atom. The lowest BCUT2D eigenvalue weighted by Gasteiger charge is -2.08. The van der Waals surface area contributed by atoms with Crippen molar-refractivity contribution in [3.8, 4) is 11.3 Å². The summed E-state index contributed by atoms with van der Waals surface area (Å²) in [4.78, 5) is 22.8. The van der Waals surface area contributed by atoms with Gasteiger partial charge in [-0.2, -0.15) is 5.10 Å². The summed E-state index contributed by atoms with van der Waals surface area (Å²) < 4.78 is 19.3. The molecular formula is C31H24ClFN6O3. The van der Waals surface area contributed by atoms with Crippen LogP contribution in [0.15, 0.2) is 95.8 Å². The van der Waals surface area contributed by atoms with Crippen molar-refractivity contribution < 1.29 is 18.4 Å². The van der Waals surface area contributed by atoms with Crippen LogP contribution in [0.2, 0.25) is 0 Å². The Labute approximate surface area is 244 Å². The molecule has 0 bridgehead atoms. The van der Waals surface area contributed by atoms with E-state index in [1.54, 1.807) is 6.07 Å². The standard InChI is InChI=1S/C24H20N6O2.C7H4ClFO/c31-24(18-10-11-32-14-18)25-23-19-12-17(8-9-20(19)26-28-23)21-22(16-6-7-16)30(29-27-21)13-15-4-2-1-3-5-15;8-7(10)5-2-1-3-6(9)4-5/h1-5,8-12,14,16H,6-7,13H2,(H2,25,26,28,31);1-4H. The number of amides is 1. The van der Waals surface area contributed by atoms with E-state index in [0.29, 0.717) is 23.8 Å². The van der Waals surface area contributed by atoms with E-state index in [1.165, 1.54) is 42.0 Å². The van der Waals surface area contributed by atoms with E-state index in [1.807, 2.05) is 41.1 Å². The number of benzene rings is 3. The van der Waals surface area contributed by atoms with Gasteiger partial charge in [-0.05, 0) is 66.4 Å². The third-order valence-corrected chi connectivity index (χ3v) is 7.03. The molecule has 11 heteroatoms. The fraction of sp³-hybridized carbons (Fsp3) is 0.129. The molecule has 3 aromatic heterocycles. The molecule has 0 unspecified atom stereocenters. The monoisotopic (exact) mass is 582 g/mol. The third-order valence-electron chi connectivity index (χ3n) is 6.82. The van der Waals surface area contributed by atoms with Crippen molar-refractivity contribution in [2.24, 2.45) is 0 Å². The van der Waals surface area contributed by atoms with Gasteiger partial charge in [0.2, 0.25) is 0 Å². The van der Waals surface area contributed by atoms with Gasteiger partial charge in [0.15, 0.2) is 5.82 Å². The van der Waals surface area contributed by atoms with Crippen molar-refractivity contribution in [2.75, 3.05) is 5.32 Å². The van der Waals surface area contributed by atoms with Crippen molar-refractivity contribution in [1.82, 2.24) is 25.2 Å². The van der Waals surface area contributed by atoms with Crippen LogP contribution in [-0.2, 0) is 6.54 Å². The maximum atomic E-state index is 12.4. The number of hydrogen-bond acceptors (Lipinski definition) is 6. The molecule has 0 aliphatic heterocycles. The van der Waals surface area contributed by atoms with E-state index in [9.17, 15) is 14.0 Å². The molecule has 9 nitrogen and oxygen atoms in total. The Balaban J connectivity index is 0.000000269. The number of nitrogens with one attached hydrogen (secondary N) is 2. The highest BCUT2D eigenvalue weighted by Gasteiger charge is 2.32. The van der Waals surface area contributed by atoms with E-state index >= 15 is 0 Å². The van der Waals surface area contributed by atoms with Gasteiger partial charge in [0.05, 0.1) is 29.6 Å². The second kappa shape index (κ2) is 11.8. The van der Waals surface area contributed by atoms with Crippen molar-refractivity contribution >= 4 is 39.5 Å². The van der Waals surface area contributed by atoms with Gasteiger partial charge in [-0.3, -0.25) is 14.7 Å². The zero-order valence-electron chi connectivity index (χ0n) is 22.1. The fourth-order valence-electron chi connectivity index (χ4n) is 4.60. The van der Waals surface area contributed by atoms with Gasteiger partial charge in [-0.15, -0.1) is 5.10 Å². The normalized spacial score (nSPS) is 12.5. The summed E-state index contributed by atoms with van der Waals surface area (Å²) in [5.41, 5.74) is 5.67. The molecule has 1 aliphatic rings. The minimum atomic E-state index is -0.639. The molecule has 0 saturated heterocycles. The Morgan fingerprint density at radius 2 is 1.86 bits per heavy atom. The zero-order valence-corrected chi connectivity index (χ0v) is 22.9. The van der Waals surface area contributed by atoms with Gasteiger partial charge in [0, 0.05) is 22.4 Å². The Hall–Kier alpha value is -5.09. The van der Waals surface area contributed by atoms with Gasteiger partial charge in [0.1, 0.15) is 17.8 Å². The van der Waals surface area contributed by atoms with E-state index in [0.717, 1.165) is 41.1 Å². The number of halogens is 2. The lowest BCUT2D eigenvalue weighted by atomic mass is 10.1. The average Bonchev–Trinajstić information content (AvgIpc) is 3.35. The predicted molar refractivity (Wildman–Crippen MR) is 156 cm³/mol. The average molecular weight is 583 g/mol. The number of H-pyrrole nitrogens is 1. The number of carbonyl (C=O) groups excluding carboxylic acids is 2. The van der Waals surface area contributed by atoms with Crippen molar-refractivity contribution in [3.63, 3.8) is 0 Å². The molecule has 42 heavy (non-hydrogen) atoms. The molecule has 3 aromatic carbocycles. The molecule has 1 fully saturated rings. The fourth-order valence-corrected chi connectivity index (χ4v) is 4.72. The van der Waals surface area contributed by atoms with Crippen molar-refractivity contribution in [1.29, 1.82) is 0 Å². The second-order valence-electron chi connectivity index (χ2n) is 9.82. The smallest absolute Gasteiger partial charge is 0.260 e. The zero-order chi connectivity index (χ0) is 29.1. The molecule has 0 radical (unpaired) electrons. The molecule has 1 aliphatic carbocycles. The lowest BCUT2D eigenvalue weighted by molar-refractivity contribution is 0.102. The number of furan rings is 1. The number of fused-ring (bicyclic) bond motifs is 1. The van der Waals surface area contributed by atoms with Crippen LogP contribution in [0.25, 0.3) is 22.2 Å². The summed E-state index contributed by atoms with van der Waals surface area (Å²) >= 11 is 5.07. The number of nitrogens with zero attached hydrogens (tertiary/aromatic N) is 4. The largest absolute Gasteiger partial charge is 0.472 e. The SMILES string of the molecule is O=C(Cl)c1cccc(F)c1.O=C(Nc1n[nH]c2ccc(-c3nnn(Cc4ccccc4)c3C3CC3)cc12)c1ccoc1. The first-order valence-corrected chi connectivity index (χ1v) is 13.6. The quantitative estimate of drug-likeness (QED) is 0.200. The first-order valence-electron chi connectivity index (χ1n) is 13.2. The first-order chi connectivity index (χ1) is 20.5. The number of hydrogen-bond donors (Lipinski definition) is 2. The number of aromatic nitrogens is 5. The van der Waals surface area contributed by atoms with E-state index < -0.39 is 11.1 Å². The van der Waals surface area contributed by atoms with Crippen LogP contribution >= 0.6 is 11.6 Å². The molecule has 1 amide bonds. The predicted octanol–water partition coefficient (Wildman–Crippen LogP) is 6.80. The van der Waals surface area contributed by atoms with E-state index in [2.05, 4.69) is 38.0 Å². The van der Waals surface area contributed by atoms with Crippen LogP contribution in [0.5, 0.6) is 0 Å². The molecule has 210 valence electrons. The highest BCUT2D eigenvalue weighted by molar-refractivity contribution is 6.67. The number of carbonyl (C=O) groups is 2. The minimum Gasteiger partial charge on any atom is -0.472 e. The van der Waals surface area contributed by atoms with Crippen molar-refractivity contribution in [2.45, 2.75) is 25.3 Å². The highest BCUT2D eigenvalue weighted by atomic mass is 35.5. The van der Waals surface area contributed by atoms with Gasteiger partial charge in [-0.25, -0.2) is 9.07 Å². The van der Waals surface area contributed by atoms with Crippen LogP contribution < -0.4 is 5.32 Å². The summed E-state index contributed by atoms with van der Waals surface area (Å²) in [6, 6.07) is 23.1. The Kier molecular flexibility index (Phi) is 7.61. The summed E-state index contributed by atoms with van der Waals surface area (Å²) in [6.45, 7) is 0.694. The van der Waals surface area contributed by atoms with Crippen LogP contribution in [0, 0.1) is 5.82 Å². The first kappa shape index (κ1) is 27.1. The maximum Gasteiger partial charge on any atom is 0.260 e. The van der Waals surface area contributed by atoms with Crippen LogP contribution in [0.3, 0.4) is 0 Å². The maximum absolute atomic E-state index is 12.4. The van der Waals surface area contributed by atoms with Crippen molar-refractivity contribution in [3.05, 3.63) is 120 Å². The molecular weight excluding hydrogens is 559 g/mol. The molecule has 6 aromatic rings. The van der Waals surface area contributed by atoms with E-state index in [4.69, 9.17) is 16.0 Å². The molecule has 7 rings (SSSR count). The molecule has 0 atom stereocenters. The summed E-state index contributed by atoms with van der Waals surface area (Å²) in [5, 5.41) is 19.3. The summed E-state index contributed by atoms with van der Waals surface area (Å²) in [7, 11) is 0. The topological polar surface area (TPSA) is 119 Å². The molecule has 3 heterocycles. The second-order valence-corrected chi connectivity index (χ2v) is 10.2. The van der Waals surface area contributed by atoms with Gasteiger partial charge < -0.3 is 9.73 Å². The van der Waals surface area contributed by atoms with Gasteiger partial charge >= 0.3 is 0 Å². The van der Waals surface area contributed by atoms with Crippen LogP contribution in [0.4, 0.5) is 10.2 Å². The number of anilines is 1. The van der Waals surface area contributed by atoms with E-state index in [-0.39, 0.29) is 11.5 Å². The van der Waals surface area contributed by atoms with Gasteiger partial charge in [-0.1, -0.05) is 47.7 Å². The van der Waals surface area contributed by atoms with Gasteiger partial charge in [0.25, 0.3) is 11.1 Å². The number of aromatic amines is 1. The van der Waals surface area contributed by atoms with Crippen LogP contribution in [0.1, 0.15) is 50.7 Å². The lowest BCUT2D eigenvalue weighted by Crippen LogP contribution is -2.11. The molecule has 0 spiro atoms. The third kappa shape index (κ3) is 5.98. The summed E-state index contributed by atoms with van der Waals surface area (Å²) in [5.74, 6) is 0.221. The Morgan fingerprint density at radius 1 is 1.02 bits per heavy atom. The Bertz CT molecular complexity index is 1860. The van der Waals surface area contributed by atoms with Crippen LogP contribution in [-0.4, -0.2) is 36.3 Å². The minimum absolute atomic E-state index is 0.182. The summed E-state index contributed by atoms with van der Waals surface area (Å²) in [6.07, 6.45) is 5.17. The molecule has 2 N–H and O–H groups in total. The molecule has 1 saturated carbocycles. The highest BCUT2D eigenvalue weighted by Crippen LogP contribution is 2.44. The number of rotatable bonds is 7.